The smallest absolute Gasteiger partial charge is 0.360 e. The number of carboxylic acids is 1. The molecule has 4 aromatic carbocycles. The summed E-state index contributed by atoms with van der Waals surface area (Å²) >= 11 is 3.06. The third kappa shape index (κ3) is 19.9. The summed E-state index contributed by atoms with van der Waals surface area (Å²) in [7, 11) is -4.76. The molecule has 0 unspecified atom stereocenters. The average Bonchev–Trinajstić information content (AvgIpc) is 0.838. The molecule has 0 saturated carbocycles. The lowest BCUT2D eigenvalue weighted by Gasteiger charge is -2.14. The Balaban J connectivity index is 0.000000227. The van der Waals surface area contributed by atoms with E-state index in [1.165, 1.54) is 102 Å². The molecule has 11 N–H and O–H groups in total. The fourth-order valence-corrected chi connectivity index (χ4v) is 11.0. The monoisotopic (exact) mass is 1450 g/mol. The standard InChI is InChI=1S/C20H19N3O3S.C16H20N4O4S.C14H15N3O4S.C6H6BrN3O2.C6H7N3O2/c1-13(2)27(25,26)16-10-8-14(9-11-16)17-12-22-20(21)18(23-17)19(24)15-6-4-3-5-7-15;1-10(2)25(22,23)12-7-5-11(6-8-12)13-9-18-15(17)14(19-13)16(21)20(3)24-4;1-8(2)22(20,21)10-5-3-9(4-6-10)11-7-16-13(15)12(17-11)14(18)19;1-12-6(11)4-5(8)9-2-3(7)10-4;1-11-6(10)4-5(7)9-3-2-8-4/h3-13H,1-2H3,(H2,21,22);5-10H,1-4H3,(H2,17,18);3-8H,1-2H3,(H2,15,16)(H,18,19);2H,1H3,(H2,8,9);2-3H,1H3,(H2,7,9). The molecule has 35 heteroatoms. The van der Waals surface area contributed by atoms with Crippen LogP contribution in [0, 0.1) is 0 Å². The molecule has 1 amide bonds. The van der Waals surface area contributed by atoms with Gasteiger partial charge in [-0.05, 0) is 93.9 Å². The van der Waals surface area contributed by atoms with E-state index >= 15 is 0 Å². The molecular weight excluding hydrogens is 1380 g/mol. The Morgan fingerprint density at radius 3 is 1.16 bits per heavy atom. The molecule has 0 bridgehead atoms. The summed E-state index contributed by atoms with van der Waals surface area (Å²) in [5.41, 5.74) is 30.9. The van der Waals surface area contributed by atoms with Crippen LogP contribution in [0.15, 0.2) is 160 Å². The van der Waals surface area contributed by atoms with Crippen molar-refractivity contribution in [1.82, 2.24) is 54.9 Å². The molecule has 0 spiro atoms. The molecular formula is C62H67BrN16O15S3. The number of carbonyl (C=O) groups is 5. The second-order valence-corrected chi connectivity index (χ2v) is 28.8. The second kappa shape index (κ2) is 34.0. The van der Waals surface area contributed by atoms with Gasteiger partial charge >= 0.3 is 17.9 Å². The van der Waals surface area contributed by atoms with Gasteiger partial charge in [0.15, 0.2) is 87.1 Å². The van der Waals surface area contributed by atoms with Crippen LogP contribution in [0.1, 0.15) is 99.5 Å². The molecule has 0 radical (unpaired) electrons. The number of rotatable bonds is 16. The maximum atomic E-state index is 12.6. The number of nitrogens with two attached hydrogens (primary N) is 5. The van der Waals surface area contributed by atoms with Crippen LogP contribution < -0.4 is 28.7 Å². The van der Waals surface area contributed by atoms with Crippen molar-refractivity contribution in [3.05, 3.63) is 179 Å². The molecule has 31 nitrogen and oxygen atoms in total. The first-order valence-electron chi connectivity index (χ1n) is 28.2. The van der Waals surface area contributed by atoms with Crippen LogP contribution in [-0.4, -0.2) is 159 Å². The molecule has 0 aliphatic heterocycles. The van der Waals surface area contributed by atoms with E-state index in [0.717, 1.165) is 5.06 Å². The van der Waals surface area contributed by atoms with Gasteiger partial charge in [-0.2, -0.15) is 0 Å². The number of carbonyl (C=O) groups excluding carboxylic acids is 4. The molecule has 5 aromatic heterocycles. The largest absolute Gasteiger partial charge is 0.476 e. The Hall–Kier alpha value is -10.9. The van der Waals surface area contributed by atoms with E-state index in [2.05, 4.69) is 75.2 Å². The lowest BCUT2D eigenvalue weighted by molar-refractivity contribution is -0.0759. The van der Waals surface area contributed by atoms with Crippen LogP contribution in [0.2, 0.25) is 0 Å². The highest BCUT2D eigenvalue weighted by atomic mass is 79.9. The summed E-state index contributed by atoms with van der Waals surface area (Å²) in [6.07, 6.45) is 8.41. The number of sulfone groups is 3. The Bertz CT molecular complexity index is 4660. The number of carboxylic acid groups (broad SMARTS) is 1. The van der Waals surface area contributed by atoms with E-state index in [0.29, 0.717) is 43.9 Å². The Morgan fingerprint density at radius 2 is 0.784 bits per heavy atom. The fourth-order valence-electron chi connectivity index (χ4n) is 7.54. The number of amides is 1. The normalized spacial score (nSPS) is 11.0. The molecule has 5 heterocycles. The summed E-state index contributed by atoms with van der Waals surface area (Å²) in [4.78, 5) is 102. The first-order chi connectivity index (χ1) is 45.6. The van der Waals surface area contributed by atoms with Crippen LogP contribution in [0.4, 0.5) is 29.1 Å². The van der Waals surface area contributed by atoms with Gasteiger partial charge in [-0.25, -0.2) is 94.5 Å². The number of anilines is 5. The van der Waals surface area contributed by atoms with Crippen molar-refractivity contribution in [1.29, 1.82) is 0 Å². The number of nitrogens with zero attached hydrogens (tertiary/aromatic N) is 11. The van der Waals surface area contributed by atoms with E-state index in [4.69, 9.17) is 38.6 Å². The quantitative estimate of drug-likeness (QED) is 0.0331. The third-order valence-corrected chi connectivity index (χ3v) is 20.1. The molecule has 0 aliphatic rings. The van der Waals surface area contributed by atoms with E-state index in [1.807, 2.05) is 6.07 Å². The molecule has 9 rings (SSSR count). The molecule has 0 fully saturated rings. The fraction of sp³-hybridized carbons (Fsp3) is 0.210. The van der Waals surface area contributed by atoms with Gasteiger partial charge in [0, 0.05) is 41.7 Å². The summed E-state index contributed by atoms with van der Waals surface area (Å²) < 4.78 is 82.2. The van der Waals surface area contributed by atoms with E-state index in [1.54, 1.807) is 102 Å². The Kier molecular flexibility index (Phi) is 26.9. The molecule has 9 aromatic rings. The van der Waals surface area contributed by atoms with E-state index < -0.39 is 69.1 Å². The van der Waals surface area contributed by atoms with Crippen LogP contribution in [-0.2, 0) is 43.8 Å². The summed E-state index contributed by atoms with van der Waals surface area (Å²) in [6, 6.07) is 27.3. The summed E-state index contributed by atoms with van der Waals surface area (Å²) in [5.74, 6) is -3.29. The molecule has 510 valence electrons. The number of esters is 2. The topological polar surface area (TPSA) is 498 Å². The van der Waals surface area contributed by atoms with Gasteiger partial charge in [0.1, 0.15) is 4.60 Å². The number of nitrogen functional groups attached to an aromatic ring is 5. The van der Waals surface area contributed by atoms with Crippen molar-refractivity contribution in [2.75, 3.05) is 57.0 Å². The highest BCUT2D eigenvalue weighted by Gasteiger charge is 2.25. The predicted molar refractivity (Wildman–Crippen MR) is 362 cm³/mol. The maximum Gasteiger partial charge on any atom is 0.360 e. The van der Waals surface area contributed by atoms with Crippen LogP contribution in [0.25, 0.3) is 33.8 Å². The lowest BCUT2D eigenvalue weighted by atomic mass is 10.1. The minimum Gasteiger partial charge on any atom is -0.476 e. The molecule has 0 saturated heterocycles. The minimum absolute atomic E-state index is 0.0170. The van der Waals surface area contributed by atoms with Crippen molar-refractivity contribution in [2.24, 2.45) is 0 Å². The van der Waals surface area contributed by atoms with Gasteiger partial charge < -0.3 is 43.2 Å². The number of hydrogen-bond acceptors (Lipinski definition) is 29. The number of ether oxygens (including phenoxy) is 2. The zero-order valence-corrected chi connectivity index (χ0v) is 57.6. The third-order valence-electron chi connectivity index (χ3n) is 13.2. The number of ketones is 1. The zero-order chi connectivity index (χ0) is 72.3. The van der Waals surface area contributed by atoms with E-state index in [9.17, 15) is 49.2 Å². The highest BCUT2D eigenvalue weighted by Crippen LogP contribution is 2.27. The van der Waals surface area contributed by atoms with Gasteiger partial charge in [0.05, 0.1) is 93.6 Å². The summed E-state index contributed by atoms with van der Waals surface area (Å²) in [5, 5.41) is 8.44. The second-order valence-electron chi connectivity index (χ2n) is 20.5. The van der Waals surface area contributed by atoms with Crippen LogP contribution >= 0.6 is 15.9 Å². The number of methoxy groups -OCH3 is 2. The molecule has 0 atom stereocenters. The predicted octanol–water partition coefficient (Wildman–Crippen LogP) is 6.74. The number of aromatic carboxylic acids is 1. The van der Waals surface area contributed by atoms with Crippen molar-refractivity contribution >= 4 is 104 Å². The lowest BCUT2D eigenvalue weighted by Crippen LogP contribution is -2.27. The van der Waals surface area contributed by atoms with Crippen molar-refractivity contribution in [3.63, 3.8) is 0 Å². The summed E-state index contributed by atoms with van der Waals surface area (Å²) in [6.45, 7) is 9.73. The Morgan fingerprint density at radius 1 is 0.443 bits per heavy atom. The number of halogens is 1. The molecule has 0 aliphatic carbocycles. The zero-order valence-electron chi connectivity index (χ0n) is 53.6. The average molecular weight is 1450 g/mol. The molecule has 97 heavy (non-hydrogen) atoms. The Labute approximate surface area is 566 Å². The first-order valence-corrected chi connectivity index (χ1v) is 33.6. The van der Waals surface area contributed by atoms with Crippen molar-refractivity contribution < 1.29 is 68.6 Å². The van der Waals surface area contributed by atoms with Crippen molar-refractivity contribution in [3.8, 4) is 33.8 Å². The van der Waals surface area contributed by atoms with Gasteiger partial charge in [0.2, 0.25) is 5.78 Å². The van der Waals surface area contributed by atoms with Crippen LogP contribution in [0.5, 0.6) is 0 Å². The minimum atomic E-state index is -3.35. The van der Waals surface area contributed by atoms with Gasteiger partial charge in [-0.1, -0.05) is 66.7 Å². The SMILES string of the molecule is CC(C)S(=O)(=O)c1ccc(-c2cnc(N)c(C(=O)O)n2)cc1.CC(C)S(=O)(=O)c1ccc(-c2cnc(N)c(C(=O)c3ccccc3)n2)cc1.COC(=O)c1nc(Br)cnc1N.COC(=O)c1nccnc1N.CON(C)C(=O)c1nc(-c2ccc(S(=O)(=O)C(C)C)cc2)cnc1N. The highest BCUT2D eigenvalue weighted by molar-refractivity contribution is 9.10. The number of hydrogen-bond donors (Lipinski definition) is 6. The van der Waals surface area contributed by atoms with Crippen molar-refractivity contribution in [2.45, 2.75) is 72.0 Å². The van der Waals surface area contributed by atoms with E-state index in [-0.39, 0.29) is 78.0 Å². The van der Waals surface area contributed by atoms with Crippen LogP contribution in [0.3, 0.4) is 0 Å². The number of hydroxylamine groups is 2. The first kappa shape index (κ1) is 76.8. The number of benzene rings is 4. The maximum absolute atomic E-state index is 12.6. The van der Waals surface area contributed by atoms with Gasteiger partial charge in [-0.15, -0.1) is 0 Å². The van der Waals surface area contributed by atoms with Gasteiger partial charge in [-0.3, -0.25) is 14.4 Å². The number of aromatic nitrogens is 10. The van der Waals surface area contributed by atoms with Gasteiger partial charge in [0.25, 0.3) is 5.91 Å².